The summed E-state index contributed by atoms with van der Waals surface area (Å²) in [6.07, 6.45) is 3.45. The van der Waals surface area contributed by atoms with Gasteiger partial charge in [-0.25, -0.2) is 4.79 Å². The van der Waals surface area contributed by atoms with Gasteiger partial charge in [0, 0.05) is 13.5 Å². The van der Waals surface area contributed by atoms with Gasteiger partial charge < -0.3 is 10.4 Å². The molecule has 2 N–H and O–H groups in total. The van der Waals surface area contributed by atoms with E-state index in [9.17, 15) is 9.59 Å². The van der Waals surface area contributed by atoms with Crippen molar-refractivity contribution in [2.75, 3.05) is 6.54 Å². The van der Waals surface area contributed by atoms with Crippen LogP contribution in [-0.2, 0) is 4.79 Å². The highest BCUT2D eigenvalue weighted by molar-refractivity contribution is 6.33. The summed E-state index contributed by atoms with van der Waals surface area (Å²) >= 11 is 5.73. The molecule has 1 aromatic carbocycles. The summed E-state index contributed by atoms with van der Waals surface area (Å²) < 4.78 is 0. The minimum atomic E-state index is -1.06. The molecule has 90 valence electrons. The maximum absolute atomic E-state index is 10.8. The van der Waals surface area contributed by atoms with E-state index in [1.807, 2.05) is 0 Å². The normalized spacial score (nSPS) is 10.5. The van der Waals surface area contributed by atoms with Crippen LogP contribution in [0.1, 0.15) is 22.8 Å². The third-order valence-corrected chi connectivity index (χ3v) is 2.33. The van der Waals surface area contributed by atoms with Crippen molar-refractivity contribution in [3.8, 4) is 0 Å². The van der Waals surface area contributed by atoms with Gasteiger partial charge in [-0.1, -0.05) is 29.8 Å². The summed E-state index contributed by atoms with van der Waals surface area (Å²) in [6, 6.07) is 4.72. The van der Waals surface area contributed by atoms with Crippen LogP contribution in [0.3, 0.4) is 0 Å². The van der Waals surface area contributed by atoms with E-state index >= 15 is 0 Å². The number of benzene rings is 1. The average Bonchev–Trinajstić information content (AvgIpc) is 2.25. The van der Waals surface area contributed by atoms with Crippen molar-refractivity contribution >= 4 is 29.6 Å². The Bertz CT molecular complexity index is 469. The van der Waals surface area contributed by atoms with E-state index in [2.05, 4.69) is 5.32 Å². The molecule has 0 saturated heterocycles. The summed E-state index contributed by atoms with van der Waals surface area (Å²) in [4.78, 5) is 21.4. The molecule has 0 atom stereocenters. The number of carbonyl (C=O) groups is 2. The van der Waals surface area contributed by atoms with Gasteiger partial charge in [0.1, 0.15) is 0 Å². The molecule has 1 aromatic rings. The van der Waals surface area contributed by atoms with E-state index in [1.54, 1.807) is 18.2 Å². The summed E-state index contributed by atoms with van der Waals surface area (Å²) in [5.41, 5.74) is 0.783. The number of aromatic carboxylic acids is 1. The van der Waals surface area contributed by atoms with Gasteiger partial charge in [-0.3, -0.25) is 4.79 Å². The minimum absolute atomic E-state index is 0.0633. The number of amides is 1. The highest BCUT2D eigenvalue weighted by Crippen LogP contribution is 2.18. The standard InChI is InChI=1S/C12H12ClNO3/c1-8(15)14-6-2-3-9-4-5-11(13)10(7-9)12(16)17/h2-5,7H,6H2,1H3,(H,14,15)(H,16,17). The molecule has 0 fully saturated rings. The first-order valence-electron chi connectivity index (χ1n) is 4.94. The second kappa shape index (κ2) is 6.06. The van der Waals surface area contributed by atoms with Gasteiger partial charge in [0.15, 0.2) is 0 Å². The Morgan fingerprint density at radius 1 is 1.47 bits per heavy atom. The molecule has 1 amide bonds. The van der Waals surface area contributed by atoms with Crippen LogP contribution in [-0.4, -0.2) is 23.5 Å². The SMILES string of the molecule is CC(=O)NCC=Cc1ccc(Cl)c(C(=O)O)c1. The Morgan fingerprint density at radius 2 is 2.18 bits per heavy atom. The lowest BCUT2D eigenvalue weighted by molar-refractivity contribution is -0.118. The van der Waals surface area contributed by atoms with Crippen LogP contribution in [0.15, 0.2) is 24.3 Å². The molecule has 0 radical (unpaired) electrons. The van der Waals surface area contributed by atoms with E-state index in [1.165, 1.54) is 19.1 Å². The van der Waals surface area contributed by atoms with Crippen molar-refractivity contribution < 1.29 is 14.7 Å². The zero-order chi connectivity index (χ0) is 12.8. The fourth-order valence-electron chi connectivity index (χ4n) is 1.21. The number of hydrogen-bond acceptors (Lipinski definition) is 2. The molecule has 4 nitrogen and oxygen atoms in total. The second-order valence-electron chi connectivity index (χ2n) is 3.38. The molecule has 0 aliphatic heterocycles. The summed E-state index contributed by atoms with van der Waals surface area (Å²) in [5.74, 6) is -1.18. The number of carboxylic acids is 1. The van der Waals surface area contributed by atoms with Crippen LogP contribution >= 0.6 is 11.6 Å². The number of halogens is 1. The van der Waals surface area contributed by atoms with Crippen molar-refractivity contribution in [2.24, 2.45) is 0 Å². The fourth-order valence-corrected chi connectivity index (χ4v) is 1.41. The van der Waals surface area contributed by atoms with Gasteiger partial charge in [0.05, 0.1) is 10.6 Å². The molecule has 17 heavy (non-hydrogen) atoms. The lowest BCUT2D eigenvalue weighted by Gasteiger charge is -2.00. The van der Waals surface area contributed by atoms with Crippen LogP contribution in [0.5, 0.6) is 0 Å². The van der Waals surface area contributed by atoms with Crippen molar-refractivity contribution in [3.05, 3.63) is 40.4 Å². The number of nitrogens with one attached hydrogen (secondary N) is 1. The number of carboxylic acid groups (broad SMARTS) is 1. The highest BCUT2D eigenvalue weighted by Gasteiger charge is 2.07. The zero-order valence-corrected chi connectivity index (χ0v) is 9.99. The summed E-state index contributed by atoms with van der Waals surface area (Å²) in [6.45, 7) is 1.83. The summed E-state index contributed by atoms with van der Waals surface area (Å²) in [5, 5.41) is 11.7. The van der Waals surface area contributed by atoms with Gasteiger partial charge in [-0.2, -0.15) is 0 Å². The molecule has 0 aliphatic rings. The predicted molar refractivity (Wildman–Crippen MR) is 66.1 cm³/mol. The van der Waals surface area contributed by atoms with Crippen LogP contribution < -0.4 is 5.32 Å². The first-order chi connectivity index (χ1) is 8.00. The van der Waals surface area contributed by atoms with Gasteiger partial charge in [0.25, 0.3) is 0 Å². The van der Waals surface area contributed by atoms with Crippen LogP contribution in [0.25, 0.3) is 6.08 Å². The highest BCUT2D eigenvalue weighted by atomic mass is 35.5. The smallest absolute Gasteiger partial charge is 0.337 e. The summed E-state index contributed by atoms with van der Waals surface area (Å²) in [7, 11) is 0. The van der Waals surface area contributed by atoms with Gasteiger partial charge in [-0.15, -0.1) is 0 Å². The van der Waals surface area contributed by atoms with E-state index < -0.39 is 5.97 Å². The first kappa shape index (κ1) is 13.3. The largest absolute Gasteiger partial charge is 0.478 e. The molecule has 1 rings (SSSR count). The second-order valence-corrected chi connectivity index (χ2v) is 3.79. The van der Waals surface area contributed by atoms with Crippen molar-refractivity contribution in [2.45, 2.75) is 6.92 Å². The molecule has 5 heteroatoms. The monoisotopic (exact) mass is 253 g/mol. The Kier molecular flexibility index (Phi) is 4.72. The fraction of sp³-hybridized carbons (Fsp3) is 0.167. The van der Waals surface area contributed by atoms with Crippen molar-refractivity contribution in [1.82, 2.24) is 5.32 Å². The molecule has 0 spiro atoms. The third kappa shape index (κ3) is 4.28. The molecule has 0 aliphatic carbocycles. The van der Waals surface area contributed by atoms with E-state index in [-0.39, 0.29) is 16.5 Å². The quantitative estimate of drug-likeness (QED) is 0.864. The van der Waals surface area contributed by atoms with Gasteiger partial charge >= 0.3 is 5.97 Å². The molecular formula is C12H12ClNO3. The predicted octanol–water partition coefficient (Wildman–Crippen LogP) is 2.19. The van der Waals surface area contributed by atoms with Crippen molar-refractivity contribution in [3.63, 3.8) is 0 Å². The minimum Gasteiger partial charge on any atom is -0.478 e. The molecule has 0 heterocycles. The topological polar surface area (TPSA) is 66.4 Å². The molecule has 0 saturated carbocycles. The van der Waals surface area contributed by atoms with Crippen LogP contribution in [0.2, 0.25) is 5.02 Å². The zero-order valence-electron chi connectivity index (χ0n) is 9.24. The van der Waals surface area contributed by atoms with Crippen molar-refractivity contribution in [1.29, 1.82) is 0 Å². The number of carbonyl (C=O) groups excluding carboxylic acids is 1. The van der Waals surface area contributed by atoms with Gasteiger partial charge in [-0.05, 0) is 17.7 Å². The Morgan fingerprint density at radius 3 is 2.76 bits per heavy atom. The maximum Gasteiger partial charge on any atom is 0.337 e. The lowest BCUT2D eigenvalue weighted by atomic mass is 10.1. The Labute approximate surface area is 104 Å². The van der Waals surface area contributed by atoms with E-state index in [0.717, 1.165) is 5.56 Å². The maximum atomic E-state index is 10.8. The Hall–Kier alpha value is -1.81. The molecule has 0 bridgehead atoms. The van der Waals surface area contributed by atoms with Gasteiger partial charge in [0.2, 0.25) is 5.91 Å². The first-order valence-corrected chi connectivity index (χ1v) is 5.32. The third-order valence-electron chi connectivity index (χ3n) is 2.00. The average molecular weight is 254 g/mol. The lowest BCUT2D eigenvalue weighted by Crippen LogP contribution is -2.19. The molecule has 0 unspecified atom stereocenters. The molecule has 0 aromatic heterocycles. The number of rotatable bonds is 4. The molecular weight excluding hydrogens is 242 g/mol. The Balaban J connectivity index is 2.75. The number of hydrogen-bond donors (Lipinski definition) is 2. The van der Waals surface area contributed by atoms with Crippen LogP contribution in [0, 0.1) is 0 Å². The van der Waals surface area contributed by atoms with E-state index in [0.29, 0.717) is 6.54 Å². The van der Waals surface area contributed by atoms with E-state index in [4.69, 9.17) is 16.7 Å². The van der Waals surface area contributed by atoms with Crippen LogP contribution in [0.4, 0.5) is 0 Å².